The predicted octanol–water partition coefficient (Wildman–Crippen LogP) is 5.13. The lowest BCUT2D eigenvalue weighted by Gasteiger charge is -2.36. The summed E-state index contributed by atoms with van der Waals surface area (Å²) in [5, 5.41) is 26.2. The summed E-state index contributed by atoms with van der Waals surface area (Å²) < 4.78 is 12.0. The first-order valence-corrected chi connectivity index (χ1v) is 15.2. The van der Waals surface area contributed by atoms with Gasteiger partial charge in [-0.3, -0.25) is 9.59 Å². The lowest BCUT2D eigenvalue weighted by molar-refractivity contribution is 0.0224. The van der Waals surface area contributed by atoms with Crippen LogP contribution in [0.25, 0.3) is 0 Å². The first-order chi connectivity index (χ1) is 22.3. The summed E-state index contributed by atoms with van der Waals surface area (Å²) in [4.78, 5) is 36.2. The van der Waals surface area contributed by atoms with Crippen LogP contribution in [0.4, 0.5) is 0 Å². The van der Waals surface area contributed by atoms with Gasteiger partial charge in [0.15, 0.2) is 5.60 Å². The van der Waals surface area contributed by atoms with E-state index in [0.29, 0.717) is 58.0 Å². The van der Waals surface area contributed by atoms with Gasteiger partial charge < -0.3 is 36.1 Å². The lowest BCUT2D eigenvalue weighted by atomic mass is 9.77. The van der Waals surface area contributed by atoms with Crippen molar-refractivity contribution in [1.82, 2.24) is 10.6 Å². The van der Waals surface area contributed by atoms with E-state index in [-0.39, 0.29) is 17.4 Å². The standard InChI is InChI=1S/C28H28N2O6.C8H9NO/c1-29-12-4-2-3-5-13-30-26(33)17-6-9-20-23(14-17)28(36-27(20)34)21-10-7-18(31)15-24(21)35-25-16-19(32)8-11-22(25)28;9-5-7-1-3-8(6-10)4-2-7/h6-11,14-16,29,31-32H,2-5,12-13H2,1H3,(H,30,33);1-4,6H,5,9H2. The number of aromatic hydroxyl groups is 2. The Labute approximate surface area is 267 Å². The Morgan fingerprint density at radius 1 is 0.826 bits per heavy atom. The van der Waals surface area contributed by atoms with Crippen molar-refractivity contribution in [2.45, 2.75) is 37.8 Å². The largest absolute Gasteiger partial charge is 0.508 e. The maximum atomic E-state index is 13.0. The minimum Gasteiger partial charge on any atom is -0.508 e. The molecule has 2 heterocycles. The van der Waals surface area contributed by atoms with Gasteiger partial charge in [-0.05, 0) is 74.5 Å². The number of hydrogen-bond acceptors (Lipinski definition) is 9. The zero-order valence-electron chi connectivity index (χ0n) is 25.5. The van der Waals surface area contributed by atoms with Crippen LogP contribution in [0.5, 0.6) is 23.0 Å². The number of rotatable bonds is 10. The van der Waals surface area contributed by atoms with Crippen LogP contribution in [0.2, 0.25) is 0 Å². The minimum atomic E-state index is -1.39. The fourth-order valence-corrected chi connectivity index (χ4v) is 5.66. The van der Waals surface area contributed by atoms with Crippen LogP contribution in [0.3, 0.4) is 0 Å². The fourth-order valence-electron chi connectivity index (χ4n) is 5.66. The summed E-state index contributed by atoms with van der Waals surface area (Å²) in [5.41, 5.74) is 8.00. The van der Waals surface area contributed by atoms with Gasteiger partial charge in [0.25, 0.3) is 5.91 Å². The second kappa shape index (κ2) is 14.3. The number of ether oxygens (including phenoxy) is 2. The summed E-state index contributed by atoms with van der Waals surface area (Å²) in [6.45, 7) is 2.08. The molecule has 0 fully saturated rings. The maximum absolute atomic E-state index is 13.0. The van der Waals surface area contributed by atoms with E-state index >= 15 is 0 Å². The van der Waals surface area contributed by atoms with E-state index in [1.807, 2.05) is 19.2 Å². The van der Waals surface area contributed by atoms with Crippen molar-refractivity contribution in [2.24, 2.45) is 5.73 Å². The van der Waals surface area contributed by atoms with Crippen LogP contribution < -0.4 is 21.1 Å². The second-order valence-corrected chi connectivity index (χ2v) is 11.1. The van der Waals surface area contributed by atoms with Crippen molar-refractivity contribution in [1.29, 1.82) is 0 Å². The van der Waals surface area contributed by atoms with Crippen LogP contribution in [-0.2, 0) is 16.9 Å². The Balaban J connectivity index is 0.000000356. The number of amides is 1. The molecule has 2 aliphatic heterocycles. The van der Waals surface area contributed by atoms with E-state index in [4.69, 9.17) is 15.2 Å². The van der Waals surface area contributed by atoms with Gasteiger partial charge in [0, 0.05) is 53.0 Å². The average Bonchev–Trinajstić information content (AvgIpc) is 3.35. The zero-order valence-corrected chi connectivity index (χ0v) is 25.5. The van der Waals surface area contributed by atoms with Crippen LogP contribution in [0, 0.1) is 0 Å². The summed E-state index contributed by atoms with van der Waals surface area (Å²) in [5.74, 6) is -0.207. The molecule has 6 rings (SSSR count). The number of esters is 1. The monoisotopic (exact) mass is 623 g/mol. The number of carbonyl (C=O) groups excluding carboxylic acids is 3. The highest BCUT2D eigenvalue weighted by molar-refractivity contribution is 6.00. The quantitative estimate of drug-likeness (QED) is 0.0916. The molecule has 1 spiro atoms. The molecule has 0 aromatic heterocycles. The van der Waals surface area contributed by atoms with E-state index in [1.54, 1.807) is 42.5 Å². The molecule has 0 atom stereocenters. The zero-order chi connectivity index (χ0) is 32.7. The van der Waals surface area contributed by atoms with Gasteiger partial charge >= 0.3 is 5.97 Å². The van der Waals surface area contributed by atoms with Crippen LogP contribution in [0.1, 0.15) is 79.0 Å². The molecular formula is C36H37N3O7. The summed E-state index contributed by atoms with van der Waals surface area (Å²) in [6.07, 6.45) is 4.94. The van der Waals surface area contributed by atoms with Gasteiger partial charge in [-0.2, -0.15) is 0 Å². The molecule has 0 aliphatic carbocycles. The number of fused-ring (bicyclic) bond motifs is 6. The molecule has 238 valence electrons. The number of phenols is 2. The highest BCUT2D eigenvalue weighted by Gasteiger charge is 2.53. The predicted molar refractivity (Wildman–Crippen MR) is 172 cm³/mol. The van der Waals surface area contributed by atoms with Crippen LogP contribution in [-0.4, -0.2) is 48.5 Å². The van der Waals surface area contributed by atoms with Crippen molar-refractivity contribution in [3.8, 4) is 23.0 Å². The number of hydrogen-bond donors (Lipinski definition) is 5. The Morgan fingerprint density at radius 3 is 2.04 bits per heavy atom. The van der Waals surface area contributed by atoms with Crippen molar-refractivity contribution in [3.63, 3.8) is 0 Å². The van der Waals surface area contributed by atoms with Crippen LogP contribution in [0.15, 0.2) is 78.9 Å². The summed E-state index contributed by atoms with van der Waals surface area (Å²) >= 11 is 0. The van der Waals surface area contributed by atoms with E-state index < -0.39 is 11.6 Å². The first-order valence-electron chi connectivity index (χ1n) is 15.2. The molecular weight excluding hydrogens is 586 g/mol. The SMILES string of the molecule is CNCCCCCCNC(=O)c1ccc2c(c1)C1(OC2=O)c2ccc(O)cc2Oc2cc(O)ccc21.NCc1ccc(C=O)cc1. The van der Waals surface area contributed by atoms with Crippen LogP contribution >= 0.6 is 0 Å². The molecule has 4 aromatic carbocycles. The molecule has 0 radical (unpaired) electrons. The molecule has 4 aromatic rings. The lowest BCUT2D eigenvalue weighted by Crippen LogP contribution is -2.33. The van der Waals surface area contributed by atoms with Crippen molar-refractivity contribution in [3.05, 3.63) is 118 Å². The maximum Gasteiger partial charge on any atom is 0.340 e. The van der Waals surface area contributed by atoms with Gasteiger partial charge in [-0.15, -0.1) is 0 Å². The topological polar surface area (TPSA) is 160 Å². The number of phenolic OH excluding ortho intramolecular Hbond substituents is 2. The Hall–Kier alpha value is -5.19. The molecule has 10 nitrogen and oxygen atoms in total. The molecule has 10 heteroatoms. The number of nitrogens with two attached hydrogens (primary N) is 1. The Bertz CT molecular complexity index is 1690. The molecule has 1 amide bonds. The Kier molecular flexibility index (Phi) is 10.00. The fraction of sp³-hybridized carbons (Fsp3) is 0.250. The van der Waals surface area contributed by atoms with Crippen molar-refractivity contribution in [2.75, 3.05) is 20.1 Å². The van der Waals surface area contributed by atoms with E-state index in [2.05, 4.69) is 10.6 Å². The third-order valence-corrected chi connectivity index (χ3v) is 8.03. The van der Waals surface area contributed by atoms with E-state index in [1.165, 1.54) is 24.3 Å². The van der Waals surface area contributed by atoms with Gasteiger partial charge in [0.2, 0.25) is 0 Å². The molecule has 2 aliphatic rings. The van der Waals surface area contributed by atoms with Gasteiger partial charge in [-0.25, -0.2) is 4.79 Å². The third-order valence-electron chi connectivity index (χ3n) is 8.03. The number of aldehydes is 1. The molecule has 46 heavy (non-hydrogen) atoms. The summed E-state index contributed by atoms with van der Waals surface area (Å²) in [6, 6.07) is 21.3. The first kappa shape index (κ1) is 32.2. The molecule has 6 N–H and O–H groups in total. The Morgan fingerprint density at radius 2 is 1.46 bits per heavy atom. The highest BCUT2D eigenvalue weighted by Crippen LogP contribution is 2.57. The van der Waals surface area contributed by atoms with E-state index in [0.717, 1.165) is 44.1 Å². The number of unbranched alkanes of at least 4 members (excludes halogenated alkanes) is 3. The molecule has 0 bridgehead atoms. The van der Waals surface area contributed by atoms with Gasteiger partial charge in [0.1, 0.15) is 29.3 Å². The van der Waals surface area contributed by atoms with Gasteiger partial charge in [0.05, 0.1) is 5.56 Å². The minimum absolute atomic E-state index is 0.0175. The third kappa shape index (κ3) is 6.58. The average molecular weight is 624 g/mol. The van der Waals surface area contributed by atoms with Gasteiger partial charge in [-0.1, -0.05) is 37.1 Å². The van der Waals surface area contributed by atoms with Crippen molar-refractivity contribution < 1.29 is 34.1 Å². The summed E-state index contributed by atoms with van der Waals surface area (Å²) in [7, 11) is 1.94. The second-order valence-electron chi connectivity index (χ2n) is 11.1. The number of benzene rings is 4. The number of carbonyl (C=O) groups is 3. The smallest absolute Gasteiger partial charge is 0.340 e. The highest BCUT2D eigenvalue weighted by atomic mass is 16.6. The van der Waals surface area contributed by atoms with Crippen molar-refractivity contribution >= 4 is 18.2 Å². The molecule has 0 unspecified atom stereocenters. The molecule has 0 saturated heterocycles. The normalized spacial score (nSPS) is 13.3. The number of nitrogens with one attached hydrogen (secondary N) is 2. The molecule has 0 saturated carbocycles. The van der Waals surface area contributed by atoms with E-state index in [9.17, 15) is 24.6 Å².